The van der Waals surface area contributed by atoms with Gasteiger partial charge in [0.05, 0.1) is 6.61 Å². The minimum Gasteiger partial charge on any atom is -0.464 e. The number of carbonyl (C=O) groups is 1. The maximum Gasteiger partial charge on any atom is 0.333 e. The van der Waals surface area contributed by atoms with Crippen molar-refractivity contribution in [1.29, 1.82) is 0 Å². The van der Waals surface area contributed by atoms with E-state index in [-0.39, 0.29) is 5.97 Å². The van der Waals surface area contributed by atoms with Gasteiger partial charge in [-0.3, -0.25) is 0 Å². The van der Waals surface area contributed by atoms with Crippen molar-refractivity contribution < 1.29 is 9.53 Å². The number of nitrogens with two attached hydrogens (primary N) is 1. The number of aryl methyl sites for hydroxylation is 1. The summed E-state index contributed by atoms with van der Waals surface area (Å²) in [5.74, 6) is 0.461. The maximum absolute atomic E-state index is 12.2. The normalized spacial score (nSPS) is 12.1. The molecule has 2 N–H and O–H groups in total. The van der Waals surface area contributed by atoms with Crippen molar-refractivity contribution in [3.63, 3.8) is 0 Å². The lowest BCUT2D eigenvalue weighted by atomic mass is 10.1. The highest BCUT2D eigenvalue weighted by atomic mass is 16.5. The Bertz CT molecular complexity index is 560. The van der Waals surface area contributed by atoms with Crippen LogP contribution >= 0.6 is 0 Å². The van der Waals surface area contributed by atoms with E-state index in [1.165, 1.54) is 0 Å². The molecular formula is C14H17N3O2. The summed E-state index contributed by atoms with van der Waals surface area (Å²) in [7, 11) is 0. The van der Waals surface area contributed by atoms with Crippen LogP contribution in [0.3, 0.4) is 0 Å². The van der Waals surface area contributed by atoms with Gasteiger partial charge in [0, 0.05) is 18.1 Å². The number of rotatable bonds is 4. The fourth-order valence-corrected chi connectivity index (χ4v) is 1.97. The van der Waals surface area contributed by atoms with Crippen molar-refractivity contribution in [2.75, 3.05) is 12.3 Å². The van der Waals surface area contributed by atoms with Gasteiger partial charge in [0.2, 0.25) is 0 Å². The lowest BCUT2D eigenvalue weighted by molar-refractivity contribution is -0.145. The molecule has 0 aliphatic heterocycles. The minimum atomic E-state index is -0.525. The highest BCUT2D eigenvalue weighted by Crippen LogP contribution is 2.22. The van der Waals surface area contributed by atoms with Gasteiger partial charge in [-0.2, -0.15) is 0 Å². The monoisotopic (exact) mass is 259 g/mol. The standard InChI is InChI=1S/C14H17N3O2/c1-3-19-14(18)13(17-9-8-16-10(17)2)11-4-6-12(15)7-5-11/h4-9,13H,3,15H2,1-2H3/t13-/m1/s1. The fraction of sp³-hybridized carbons (Fsp3) is 0.286. The third-order valence-electron chi connectivity index (χ3n) is 2.90. The Kier molecular flexibility index (Phi) is 3.85. The summed E-state index contributed by atoms with van der Waals surface area (Å²) in [6.07, 6.45) is 3.44. The Hall–Kier alpha value is -2.30. The van der Waals surface area contributed by atoms with Crippen LogP contribution in [0.1, 0.15) is 24.4 Å². The van der Waals surface area contributed by atoms with Crippen LogP contribution in [0, 0.1) is 6.92 Å². The number of carbonyl (C=O) groups excluding carboxylic acids is 1. The summed E-state index contributed by atoms with van der Waals surface area (Å²) >= 11 is 0. The van der Waals surface area contributed by atoms with E-state index in [1.807, 2.05) is 19.1 Å². The van der Waals surface area contributed by atoms with Gasteiger partial charge in [-0.15, -0.1) is 0 Å². The number of nitrogen functional groups attached to an aromatic ring is 1. The van der Waals surface area contributed by atoms with Crippen LogP contribution in [0.25, 0.3) is 0 Å². The number of imidazole rings is 1. The molecule has 0 unspecified atom stereocenters. The van der Waals surface area contributed by atoms with E-state index < -0.39 is 6.04 Å². The molecule has 5 nitrogen and oxygen atoms in total. The number of ether oxygens (including phenoxy) is 1. The first kappa shape index (κ1) is 13.1. The number of anilines is 1. The van der Waals surface area contributed by atoms with Gasteiger partial charge in [0.15, 0.2) is 6.04 Å². The number of hydrogen-bond acceptors (Lipinski definition) is 4. The van der Waals surface area contributed by atoms with Gasteiger partial charge in [-0.1, -0.05) is 12.1 Å². The zero-order valence-corrected chi connectivity index (χ0v) is 11.0. The molecule has 1 heterocycles. The van der Waals surface area contributed by atoms with Crippen LogP contribution in [0.15, 0.2) is 36.7 Å². The highest BCUT2D eigenvalue weighted by Gasteiger charge is 2.24. The predicted octanol–water partition coefficient (Wildman–Crippen LogP) is 1.93. The summed E-state index contributed by atoms with van der Waals surface area (Å²) in [6.45, 7) is 3.99. The second kappa shape index (κ2) is 5.56. The van der Waals surface area contributed by atoms with Crippen molar-refractivity contribution in [2.24, 2.45) is 0 Å². The van der Waals surface area contributed by atoms with Crippen LogP contribution in [0.2, 0.25) is 0 Å². The molecular weight excluding hydrogens is 242 g/mol. The van der Waals surface area contributed by atoms with Gasteiger partial charge in [0.25, 0.3) is 0 Å². The largest absolute Gasteiger partial charge is 0.464 e. The maximum atomic E-state index is 12.2. The second-order valence-corrected chi connectivity index (χ2v) is 4.20. The van der Waals surface area contributed by atoms with E-state index >= 15 is 0 Å². The van der Waals surface area contributed by atoms with Crippen LogP contribution < -0.4 is 5.73 Å². The second-order valence-electron chi connectivity index (χ2n) is 4.20. The zero-order valence-electron chi connectivity index (χ0n) is 11.0. The highest BCUT2D eigenvalue weighted by molar-refractivity contribution is 5.78. The van der Waals surface area contributed by atoms with E-state index in [1.54, 1.807) is 36.0 Å². The van der Waals surface area contributed by atoms with Crippen LogP contribution in [0.4, 0.5) is 5.69 Å². The van der Waals surface area contributed by atoms with Gasteiger partial charge >= 0.3 is 5.97 Å². The first-order chi connectivity index (χ1) is 9.13. The molecule has 2 rings (SSSR count). The molecule has 0 amide bonds. The molecule has 0 saturated heterocycles. The molecule has 0 saturated carbocycles. The topological polar surface area (TPSA) is 70.1 Å². The number of benzene rings is 1. The fourth-order valence-electron chi connectivity index (χ4n) is 1.97. The van der Waals surface area contributed by atoms with Gasteiger partial charge < -0.3 is 15.0 Å². The van der Waals surface area contributed by atoms with E-state index in [0.29, 0.717) is 12.3 Å². The predicted molar refractivity (Wildman–Crippen MR) is 72.6 cm³/mol. The SMILES string of the molecule is CCOC(=O)[C@@H](c1ccc(N)cc1)n1ccnc1C. The summed E-state index contributed by atoms with van der Waals surface area (Å²) in [5, 5.41) is 0. The van der Waals surface area contributed by atoms with Crippen LogP contribution in [-0.2, 0) is 9.53 Å². The molecule has 100 valence electrons. The van der Waals surface area contributed by atoms with E-state index in [4.69, 9.17) is 10.5 Å². The van der Waals surface area contributed by atoms with Crippen molar-refractivity contribution in [3.05, 3.63) is 48.0 Å². The van der Waals surface area contributed by atoms with Crippen molar-refractivity contribution in [2.45, 2.75) is 19.9 Å². The lowest BCUT2D eigenvalue weighted by Gasteiger charge is -2.19. The summed E-state index contributed by atoms with van der Waals surface area (Å²) < 4.78 is 6.94. The van der Waals surface area contributed by atoms with Crippen molar-refractivity contribution >= 4 is 11.7 Å². The molecule has 0 aliphatic rings. The third-order valence-corrected chi connectivity index (χ3v) is 2.90. The molecule has 0 spiro atoms. The minimum absolute atomic E-state index is 0.298. The van der Waals surface area contributed by atoms with Crippen molar-refractivity contribution in [1.82, 2.24) is 9.55 Å². The Balaban J connectivity index is 2.43. The number of nitrogens with zero attached hydrogens (tertiary/aromatic N) is 2. The molecule has 0 fully saturated rings. The Morgan fingerprint density at radius 1 is 1.42 bits per heavy atom. The first-order valence-corrected chi connectivity index (χ1v) is 6.15. The van der Waals surface area contributed by atoms with Gasteiger partial charge in [-0.05, 0) is 31.5 Å². The quantitative estimate of drug-likeness (QED) is 0.672. The molecule has 5 heteroatoms. The van der Waals surface area contributed by atoms with Crippen LogP contribution in [0.5, 0.6) is 0 Å². The molecule has 0 radical (unpaired) electrons. The van der Waals surface area contributed by atoms with E-state index in [2.05, 4.69) is 4.98 Å². The number of esters is 1. The average molecular weight is 259 g/mol. The Labute approximate surface area is 112 Å². The molecule has 1 aromatic carbocycles. The molecule has 2 aromatic rings. The van der Waals surface area contributed by atoms with E-state index in [9.17, 15) is 4.79 Å². The zero-order chi connectivity index (χ0) is 13.8. The Morgan fingerprint density at radius 2 is 2.11 bits per heavy atom. The van der Waals surface area contributed by atoms with Gasteiger partial charge in [0.1, 0.15) is 5.82 Å². The first-order valence-electron chi connectivity index (χ1n) is 6.15. The summed E-state index contributed by atoms with van der Waals surface area (Å²) in [4.78, 5) is 16.3. The van der Waals surface area contributed by atoms with E-state index in [0.717, 1.165) is 11.4 Å². The smallest absolute Gasteiger partial charge is 0.333 e. The molecule has 0 bridgehead atoms. The summed E-state index contributed by atoms with van der Waals surface area (Å²) in [5.41, 5.74) is 7.16. The Morgan fingerprint density at radius 3 is 2.63 bits per heavy atom. The lowest BCUT2D eigenvalue weighted by Crippen LogP contribution is -2.23. The third kappa shape index (κ3) is 2.76. The average Bonchev–Trinajstić information content (AvgIpc) is 2.79. The molecule has 1 atom stereocenters. The van der Waals surface area contributed by atoms with Crippen LogP contribution in [-0.4, -0.2) is 22.1 Å². The number of aromatic nitrogens is 2. The van der Waals surface area contributed by atoms with Crippen molar-refractivity contribution in [3.8, 4) is 0 Å². The number of hydrogen-bond donors (Lipinski definition) is 1. The summed E-state index contributed by atoms with van der Waals surface area (Å²) in [6, 6.07) is 6.68. The van der Waals surface area contributed by atoms with Gasteiger partial charge in [-0.25, -0.2) is 9.78 Å². The molecule has 1 aromatic heterocycles. The molecule has 0 aliphatic carbocycles. The molecule has 19 heavy (non-hydrogen) atoms.